The van der Waals surface area contributed by atoms with Crippen LogP contribution in [0.1, 0.15) is 83.8 Å². The first kappa shape index (κ1) is 19.0. The maximum absolute atomic E-state index is 13.0. The lowest BCUT2D eigenvalue weighted by Gasteiger charge is -2.50. The zero-order valence-corrected chi connectivity index (χ0v) is 17.9. The Morgan fingerprint density at radius 2 is 1.33 bits per heavy atom. The summed E-state index contributed by atoms with van der Waals surface area (Å²) in [6.07, 6.45) is 0. The van der Waals surface area contributed by atoms with Crippen LogP contribution in [0.15, 0.2) is 12.1 Å². The fourth-order valence-electron chi connectivity index (χ4n) is 3.71. The van der Waals surface area contributed by atoms with Crippen molar-refractivity contribution in [2.75, 3.05) is 0 Å². The van der Waals surface area contributed by atoms with Gasteiger partial charge in [0.25, 0.3) is 0 Å². The molecule has 0 bridgehead atoms. The van der Waals surface area contributed by atoms with Crippen LogP contribution < -0.4 is 4.43 Å². The number of hydrogen-bond acceptors (Lipinski definition) is 3. The molecule has 0 radical (unpaired) electrons. The Morgan fingerprint density at radius 3 is 1.75 bits per heavy atom. The van der Waals surface area contributed by atoms with Crippen molar-refractivity contribution >= 4 is 14.5 Å². The highest BCUT2D eigenvalue weighted by Crippen LogP contribution is 2.56. The van der Waals surface area contributed by atoms with Crippen molar-refractivity contribution in [3.05, 3.63) is 28.8 Å². The maximum atomic E-state index is 13.0. The average molecular weight is 349 g/mol. The number of rotatable bonds is 0. The van der Waals surface area contributed by atoms with Gasteiger partial charge in [0, 0.05) is 10.1 Å². The molecule has 1 aliphatic rings. The van der Waals surface area contributed by atoms with Gasteiger partial charge in [-0.25, -0.2) is 4.79 Å². The van der Waals surface area contributed by atoms with Crippen LogP contribution in [0.4, 0.5) is 0 Å². The van der Waals surface area contributed by atoms with E-state index in [1.807, 2.05) is 13.0 Å². The SMILES string of the molecule is Cc1ccc(C(C)(C)C)c2c1C(=O)O[Si](C(C)(C)C)(C(C)(C)C)O2. The highest BCUT2D eigenvalue weighted by atomic mass is 28.4. The zero-order chi connectivity index (χ0) is 18.7. The quantitative estimate of drug-likeness (QED) is 0.549. The van der Waals surface area contributed by atoms with Crippen LogP contribution in [-0.2, 0) is 9.84 Å². The molecule has 1 aromatic carbocycles. The van der Waals surface area contributed by atoms with Crippen molar-refractivity contribution in [3.63, 3.8) is 0 Å². The first-order valence-corrected chi connectivity index (χ1v) is 10.5. The van der Waals surface area contributed by atoms with Crippen molar-refractivity contribution in [1.29, 1.82) is 0 Å². The van der Waals surface area contributed by atoms with E-state index in [4.69, 9.17) is 8.85 Å². The normalized spacial score (nSPS) is 17.8. The molecule has 1 heterocycles. The van der Waals surface area contributed by atoms with E-state index in [2.05, 4.69) is 68.4 Å². The van der Waals surface area contributed by atoms with Crippen molar-refractivity contribution < 1.29 is 13.6 Å². The Balaban J connectivity index is 2.81. The molecule has 1 aromatic rings. The number of hydrogen-bond donors (Lipinski definition) is 0. The van der Waals surface area contributed by atoms with E-state index in [1.165, 1.54) is 0 Å². The monoisotopic (exact) mass is 348 g/mol. The van der Waals surface area contributed by atoms with Gasteiger partial charge in [0.2, 0.25) is 0 Å². The lowest BCUT2D eigenvalue weighted by Crippen LogP contribution is -2.62. The van der Waals surface area contributed by atoms with Crippen LogP contribution in [-0.4, -0.2) is 14.5 Å². The van der Waals surface area contributed by atoms with Crippen molar-refractivity contribution in [3.8, 4) is 5.75 Å². The van der Waals surface area contributed by atoms with Crippen LogP contribution >= 0.6 is 0 Å². The van der Waals surface area contributed by atoms with Crippen LogP contribution in [0.25, 0.3) is 0 Å². The topological polar surface area (TPSA) is 35.5 Å². The van der Waals surface area contributed by atoms with E-state index in [1.54, 1.807) is 0 Å². The molecule has 0 saturated carbocycles. The molecule has 0 aromatic heterocycles. The third kappa shape index (κ3) is 2.79. The average Bonchev–Trinajstić information content (AvgIpc) is 2.33. The number of carbonyl (C=O) groups is 1. The Morgan fingerprint density at radius 1 is 0.833 bits per heavy atom. The molecule has 0 N–H and O–H groups in total. The molecular formula is C20H32O3Si. The summed E-state index contributed by atoms with van der Waals surface area (Å²) >= 11 is 0. The van der Waals surface area contributed by atoms with E-state index < -0.39 is 8.56 Å². The molecule has 0 fully saturated rings. The van der Waals surface area contributed by atoms with Gasteiger partial charge in [-0.15, -0.1) is 0 Å². The number of benzene rings is 1. The second-order valence-corrected chi connectivity index (χ2v) is 14.6. The third-order valence-electron chi connectivity index (χ3n) is 4.84. The Bertz CT molecular complexity index is 656. The van der Waals surface area contributed by atoms with E-state index in [0.717, 1.165) is 16.9 Å². The molecule has 2 rings (SSSR count). The van der Waals surface area contributed by atoms with Gasteiger partial charge in [-0.1, -0.05) is 74.4 Å². The smallest absolute Gasteiger partial charge is 0.473 e. The second-order valence-electron chi connectivity index (χ2n) is 9.99. The van der Waals surface area contributed by atoms with Crippen LogP contribution in [0.2, 0.25) is 10.1 Å². The lowest BCUT2D eigenvalue weighted by atomic mass is 9.84. The molecule has 0 amide bonds. The summed E-state index contributed by atoms with van der Waals surface area (Å²) in [5, 5.41) is -0.477. The fourth-order valence-corrected chi connectivity index (χ4v) is 8.09. The first-order chi connectivity index (χ1) is 10.6. The summed E-state index contributed by atoms with van der Waals surface area (Å²) in [6, 6.07) is 4.09. The molecule has 0 spiro atoms. The molecule has 24 heavy (non-hydrogen) atoms. The minimum Gasteiger partial charge on any atom is -0.510 e. The van der Waals surface area contributed by atoms with E-state index in [0.29, 0.717) is 5.56 Å². The molecule has 0 atom stereocenters. The van der Waals surface area contributed by atoms with E-state index in [9.17, 15) is 4.79 Å². The lowest BCUT2D eigenvalue weighted by molar-refractivity contribution is 0.0602. The highest BCUT2D eigenvalue weighted by Gasteiger charge is 2.65. The summed E-state index contributed by atoms with van der Waals surface area (Å²) in [4.78, 5) is 13.0. The van der Waals surface area contributed by atoms with Gasteiger partial charge in [0.1, 0.15) is 11.3 Å². The van der Waals surface area contributed by atoms with Crippen LogP contribution in [0.5, 0.6) is 5.75 Å². The summed E-state index contributed by atoms with van der Waals surface area (Å²) in [7, 11) is -2.88. The Kier molecular flexibility index (Phi) is 4.24. The zero-order valence-electron chi connectivity index (χ0n) is 16.9. The molecular weight excluding hydrogens is 316 g/mol. The highest BCUT2D eigenvalue weighted by molar-refractivity contribution is 6.76. The van der Waals surface area contributed by atoms with Gasteiger partial charge in [-0.05, 0) is 23.5 Å². The van der Waals surface area contributed by atoms with Crippen LogP contribution in [0.3, 0.4) is 0 Å². The predicted molar refractivity (Wildman–Crippen MR) is 101 cm³/mol. The van der Waals surface area contributed by atoms with E-state index in [-0.39, 0.29) is 21.5 Å². The van der Waals surface area contributed by atoms with Gasteiger partial charge in [0.15, 0.2) is 0 Å². The number of carbonyl (C=O) groups excluding carboxylic acids is 1. The Labute approximate surface area is 148 Å². The van der Waals surface area contributed by atoms with Gasteiger partial charge >= 0.3 is 14.5 Å². The number of fused-ring (bicyclic) bond motifs is 1. The molecule has 4 heteroatoms. The first-order valence-electron chi connectivity index (χ1n) is 8.68. The minimum absolute atomic E-state index is 0.106. The van der Waals surface area contributed by atoms with Crippen molar-refractivity contribution in [2.24, 2.45) is 0 Å². The summed E-state index contributed by atoms with van der Waals surface area (Å²) in [5.41, 5.74) is 2.48. The van der Waals surface area contributed by atoms with Gasteiger partial charge in [-0.2, -0.15) is 0 Å². The second kappa shape index (κ2) is 5.35. The van der Waals surface area contributed by atoms with Crippen molar-refractivity contribution in [2.45, 2.75) is 84.7 Å². The van der Waals surface area contributed by atoms with Gasteiger partial charge < -0.3 is 8.85 Å². The summed E-state index contributed by atoms with van der Waals surface area (Å²) in [6.45, 7) is 21.1. The molecule has 134 valence electrons. The molecule has 0 saturated heterocycles. The van der Waals surface area contributed by atoms with Crippen molar-refractivity contribution in [1.82, 2.24) is 0 Å². The largest absolute Gasteiger partial charge is 0.510 e. The Hall–Kier alpha value is -1.29. The van der Waals surface area contributed by atoms with Gasteiger partial charge in [0.05, 0.1) is 0 Å². The summed E-state index contributed by atoms with van der Waals surface area (Å²) in [5.74, 6) is 0.520. The predicted octanol–water partition coefficient (Wildman–Crippen LogP) is 5.88. The minimum atomic E-state index is -2.88. The van der Waals surface area contributed by atoms with Crippen LogP contribution in [0, 0.1) is 6.92 Å². The fraction of sp³-hybridized carbons (Fsp3) is 0.650. The third-order valence-corrected chi connectivity index (χ3v) is 9.75. The summed E-state index contributed by atoms with van der Waals surface area (Å²) < 4.78 is 12.9. The van der Waals surface area contributed by atoms with Gasteiger partial charge in [-0.3, -0.25) is 0 Å². The molecule has 1 aliphatic heterocycles. The molecule has 0 aliphatic carbocycles. The standard InChI is InChI=1S/C20H32O3Si/c1-13-11-12-14(18(2,3)4)16-15(13)17(21)23-24(22-16,19(5,6)7)20(8,9)10/h11-12H,1-10H3. The maximum Gasteiger partial charge on any atom is 0.473 e. The molecule has 0 unspecified atom stereocenters. The number of aryl methyl sites for hydroxylation is 1. The molecule has 3 nitrogen and oxygen atoms in total. The van der Waals surface area contributed by atoms with E-state index >= 15 is 0 Å².